The van der Waals surface area contributed by atoms with Crippen LogP contribution in [0.5, 0.6) is 0 Å². The van der Waals surface area contributed by atoms with E-state index >= 15 is 0 Å². The van der Waals surface area contributed by atoms with Crippen molar-refractivity contribution >= 4 is 53.4 Å². The number of rotatable bonds is 6. The smallest absolute Gasteiger partial charge is 0.164 e. The number of benzene rings is 11. The summed E-state index contributed by atoms with van der Waals surface area (Å²) in [6.07, 6.45) is 0. The van der Waals surface area contributed by atoms with E-state index in [1.807, 2.05) is 18.2 Å². The molecule has 0 bridgehead atoms. The van der Waals surface area contributed by atoms with Crippen molar-refractivity contribution < 1.29 is 4.42 Å². The molecule has 4 nitrogen and oxygen atoms in total. The highest BCUT2D eigenvalue weighted by atomic mass is 32.1. The first-order valence-electron chi connectivity index (χ1n) is 25.5. The zero-order chi connectivity index (χ0) is 49.2. The second-order valence-electron chi connectivity index (χ2n) is 19.7. The molecular formula is C70H41N3OS. The molecular weight excluding hydrogens is 931 g/mol. The third kappa shape index (κ3) is 6.19. The number of thiophene rings is 1. The minimum Gasteiger partial charge on any atom is -0.456 e. The summed E-state index contributed by atoms with van der Waals surface area (Å²) in [4.78, 5) is 16.0. The average Bonchev–Trinajstić information content (AvgIpc) is 4.23. The van der Waals surface area contributed by atoms with E-state index in [0.717, 1.165) is 66.3 Å². The highest BCUT2D eigenvalue weighted by Crippen LogP contribution is 2.64. The number of fused-ring (bicyclic) bond motifs is 16. The molecule has 3 aromatic heterocycles. The first-order chi connectivity index (χ1) is 37.2. The maximum atomic E-state index is 6.70. The molecule has 348 valence electrons. The zero-order valence-corrected chi connectivity index (χ0v) is 41.1. The highest BCUT2D eigenvalue weighted by molar-refractivity contribution is 7.25. The van der Waals surface area contributed by atoms with Crippen LogP contribution in [0.2, 0.25) is 0 Å². The van der Waals surface area contributed by atoms with E-state index in [9.17, 15) is 0 Å². The minimum atomic E-state index is -0.457. The standard InChI is InChI=1S/C70H41N3OS/c1-2-16-42(17-3-1)43-34-36-44(37-35-43)67-71-68(73-69(72-67)55-27-15-33-63-65(55)53-23-7-11-32-62(53)75-63)54-26-14-31-61-64(54)56-41-46(38-39-60(56)74-61)45-18-12-19-47(40-45)48-24-13-25-52-51-22-6-10-30-59(51)70(66(48)52)57-28-8-4-20-49(57)50-21-5-9-29-58(50)70/h1-41H. The van der Waals surface area contributed by atoms with Gasteiger partial charge in [0.05, 0.1) is 5.41 Å². The van der Waals surface area contributed by atoms with Gasteiger partial charge in [0.2, 0.25) is 0 Å². The van der Waals surface area contributed by atoms with E-state index in [-0.39, 0.29) is 0 Å². The van der Waals surface area contributed by atoms with Crippen molar-refractivity contribution in [2.24, 2.45) is 0 Å². The van der Waals surface area contributed by atoms with Crippen molar-refractivity contribution in [3.8, 4) is 89.8 Å². The monoisotopic (exact) mass is 971 g/mol. The third-order valence-corrected chi connectivity index (χ3v) is 16.9. The molecule has 14 aromatic rings. The van der Waals surface area contributed by atoms with Gasteiger partial charge in [0.25, 0.3) is 0 Å². The largest absolute Gasteiger partial charge is 0.456 e. The first-order valence-corrected chi connectivity index (χ1v) is 26.3. The molecule has 0 saturated heterocycles. The van der Waals surface area contributed by atoms with Gasteiger partial charge in [-0.15, -0.1) is 11.3 Å². The van der Waals surface area contributed by atoms with Crippen LogP contribution in [0.3, 0.4) is 0 Å². The number of aromatic nitrogens is 3. The molecule has 2 aliphatic carbocycles. The lowest BCUT2D eigenvalue weighted by Gasteiger charge is -2.32. The molecule has 0 unspecified atom stereocenters. The predicted octanol–water partition coefficient (Wildman–Crippen LogP) is 18.5. The van der Waals surface area contributed by atoms with E-state index in [0.29, 0.717) is 17.5 Å². The first kappa shape index (κ1) is 42.0. The molecule has 5 heteroatoms. The highest BCUT2D eigenvalue weighted by Gasteiger charge is 2.52. The molecule has 16 rings (SSSR count). The lowest BCUT2D eigenvalue weighted by atomic mass is 9.68. The van der Waals surface area contributed by atoms with Crippen LogP contribution in [0, 0.1) is 0 Å². The number of furan rings is 1. The summed E-state index contributed by atoms with van der Waals surface area (Å²) in [7, 11) is 0. The van der Waals surface area contributed by atoms with Gasteiger partial charge in [-0.3, -0.25) is 0 Å². The van der Waals surface area contributed by atoms with Crippen molar-refractivity contribution in [2.75, 3.05) is 0 Å². The Morgan fingerprint density at radius 1 is 0.293 bits per heavy atom. The molecule has 0 fully saturated rings. The summed E-state index contributed by atoms with van der Waals surface area (Å²) in [6, 6.07) is 89.8. The lowest BCUT2D eigenvalue weighted by Crippen LogP contribution is -2.26. The van der Waals surface area contributed by atoms with Gasteiger partial charge in [0.15, 0.2) is 17.5 Å². The molecule has 0 saturated carbocycles. The molecule has 2 aliphatic rings. The average molecular weight is 972 g/mol. The topological polar surface area (TPSA) is 51.8 Å². The molecule has 0 amide bonds. The van der Waals surface area contributed by atoms with Crippen LogP contribution >= 0.6 is 11.3 Å². The van der Waals surface area contributed by atoms with Crippen molar-refractivity contribution in [3.63, 3.8) is 0 Å². The number of nitrogens with zero attached hydrogens (tertiary/aromatic N) is 3. The van der Waals surface area contributed by atoms with E-state index in [1.54, 1.807) is 11.3 Å². The van der Waals surface area contributed by atoms with Crippen molar-refractivity contribution in [2.45, 2.75) is 5.41 Å². The van der Waals surface area contributed by atoms with E-state index < -0.39 is 5.41 Å². The van der Waals surface area contributed by atoms with Gasteiger partial charge < -0.3 is 4.42 Å². The van der Waals surface area contributed by atoms with Crippen LogP contribution in [0.1, 0.15) is 22.3 Å². The zero-order valence-electron chi connectivity index (χ0n) is 40.3. The second-order valence-corrected chi connectivity index (χ2v) is 20.8. The van der Waals surface area contributed by atoms with Crippen LogP contribution in [-0.2, 0) is 5.41 Å². The fourth-order valence-electron chi connectivity index (χ4n) is 12.6. The van der Waals surface area contributed by atoms with Crippen molar-refractivity contribution in [3.05, 3.63) is 271 Å². The summed E-state index contributed by atoms with van der Waals surface area (Å²) in [5.41, 5.74) is 21.3. The molecule has 0 aliphatic heterocycles. The van der Waals surface area contributed by atoms with Gasteiger partial charge in [0.1, 0.15) is 11.2 Å². The quantitative estimate of drug-likeness (QED) is 0.167. The Hall–Kier alpha value is -9.55. The molecule has 3 heterocycles. The second kappa shape index (κ2) is 16.2. The van der Waals surface area contributed by atoms with Crippen LogP contribution in [0.4, 0.5) is 0 Å². The Morgan fingerprint density at radius 2 is 0.787 bits per heavy atom. The summed E-state index contributed by atoms with van der Waals surface area (Å²) < 4.78 is 9.13. The van der Waals surface area contributed by atoms with Gasteiger partial charge in [0, 0.05) is 47.6 Å². The maximum Gasteiger partial charge on any atom is 0.164 e. The summed E-state index contributed by atoms with van der Waals surface area (Å²) in [6.45, 7) is 0. The molecule has 0 N–H and O–H groups in total. The third-order valence-electron chi connectivity index (χ3n) is 15.8. The molecule has 75 heavy (non-hydrogen) atoms. The molecule has 0 atom stereocenters. The summed E-state index contributed by atoms with van der Waals surface area (Å²) >= 11 is 1.79. The lowest BCUT2D eigenvalue weighted by molar-refractivity contribution is 0.669. The normalized spacial score (nSPS) is 12.9. The minimum absolute atomic E-state index is 0.457. The molecule has 11 aromatic carbocycles. The van der Waals surface area contributed by atoms with Crippen LogP contribution in [0.25, 0.3) is 132 Å². The maximum absolute atomic E-state index is 6.70. The van der Waals surface area contributed by atoms with E-state index in [1.165, 1.54) is 70.4 Å². The molecule has 0 radical (unpaired) electrons. The Labute approximate surface area is 436 Å². The fraction of sp³-hybridized carbons (Fsp3) is 0.0143. The number of hydrogen-bond donors (Lipinski definition) is 0. The van der Waals surface area contributed by atoms with Crippen molar-refractivity contribution in [1.29, 1.82) is 0 Å². The SMILES string of the molecule is c1ccc(-c2ccc(-c3nc(-c4cccc5oc6ccc(-c7cccc(-c8cccc9c8C8(c%10ccccc%10-c%10ccccc%108)c8ccccc8-9)c7)cc6c45)nc(-c4cccc5sc6ccccc6c45)n3)cc2)cc1. The van der Waals surface area contributed by atoms with Crippen LogP contribution < -0.4 is 0 Å². The van der Waals surface area contributed by atoms with Gasteiger partial charge in [-0.2, -0.15) is 0 Å². The van der Waals surface area contributed by atoms with Crippen LogP contribution in [0.15, 0.2) is 253 Å². The number of hydrogen-bond acceptors (Lipinski definition) is 5. The van der Waals surface area contributed by atoms with Gasteiger partial charge in [-0.25, -0.2) is 15.0 Å². The van der Waals surface area contributed by atoms with Gasteiger partial charge >= 0.3 is 0 Å². The Balaban J connectivity index is 0.861. The van der Waals surface area contributed by atoms with E-state index in [4.69, 9.17) is 19.4 Å². The fourth-order valence-corrected chi connectivity index (χ4v) is 13.7. The Morgan fingerprint density at radius 3 is 1.55 bits per heavy atom. The van der Waals surface area contributed by atoms with E-state index in [2.05, 4.69) is 231 Å². The molecule has 1 spiro atoms. The van der Waals surface area contributed by atoms with Crippen LogP contribution in [-0.4, -0.2) is 15.0 Å². The van der Waals surface area contributed by atoms with Gasteiger partial charge in [-0.1, -0.05) is 212 Å². The Bertz CT molecular complexity index is 4600. The summed E-state index contributed by atoms with van der Waals surface area (Å²) in [5.74, 6) is 1.82. The summed E-state index contributed by atoms with van der Waals surface area (Å²) in [5, 5.41) is 4.31. The van der Waals surface area contributed by atoms with Gasteiger partial charge in [-0.05, 0) is 114 Å². The van der Waals surface area contributed by atoms with Crippen molar-refractivity contribution in [1.82, 2.24) is 15.0 Å². The predicted molar refractivity (Wildman–Crippen MR) is 309 cm³/mol. The Kier molecular flexibility index (Phi) is 9.09.